The second kappa shape index (κ2) is 7.89. The van der Waals surface area contributed by atoms with Crippen LogP contribution in [0, 0.1) is 11.3 Å². The summed E-state index contributed by atoms with van der Waals surface area (Å²) in [5.74, 6) is 1.07. The van der Waals surface area contributed by atoms with Crippen LogP contribution in [0.15, 0.2) is 18.2 Å². The molecule has 148 valence electrons. The molecule has 2 aliphatic rings. The van der Waals surface area contributed by atoms with E-state index >= 15 is 0 Å². The van der Waals surface area contributed by atoms with Crippen molar-refractivity contribution in [3.63, 3.8) is 0 Å². The van der Waals surface area contributed by atoms with E-state index < -0.39 is 11.5 Å². The maximum absolute atomic E-state index is 13.1. The number of hydrogen-bond acceptors (Lipinski definition) is 4. The van der Waals surface area contributed by atoms with Crippen LogP contribution in [0.1, 0.15) is 47.0 Å². The number of nitrogens with one attached hydrogen (secondary N) is 1. The monoisotopic (exact) mass is 374 g/mol. The lowest BCUT2D eigenvalue weighted by Crippen LogP contribution is -2.42. The maximum atomic E-state index is 13.1. The normalized spacial score (nSPS) is 21.6. The number of rotatable bonds is 5. The minimum Gasteiger partial charge on any atom is -0.490 e. The molecule has 2 amide bonds. The topological polar surface area (TPSA) is 67.9 Å². The molecule has 6 heteroatoms. The summed E-state index contributed by atoms with van der Waals surface area (Å²) >= 11 is 0. The van der Waals surface area contributed by atoms with Crippen molar-refractivity contribution in [2.24, 2.45) is 11.3 Å². The molecule has 1 aromatic carbocycles. The van der Waals surface area contributed by atoms with E-state index in [0.29, 0.717) is 37.1 Å². The summed E-state index contributed by atoms with van der Waals surface area (Å²) in [6.07, 6.45) is 2.15. The highest BCUT2D eigenvalue weighted by molar-refractivity contribution is 6.01. The Morgan fingerprint density at radius 1 is 1.37 bits per heavy atom. The first-order chi connectivity index (χ1) is 12.8. The third kappa shape index (κ3) is 4.43. The van der Waals surface area contributed by atoms with Crippen LogP contribution < -0.4 is 15.0 Å². The third-order valence-electron chi connectivity index (χ3n) is 5.08. The van der Waals surface area contributed by atoms with Crippen molar-refractivity contribution in [3.8, 4) is 5.75 Å². The number of anilines is 2. The molecule has 3 rings (SSSR count). The smallest absolute Gasteiger partial charge is 0.253 e. The number of benzene rings is 1. The standard InChI is InChI=1S/C21H30N2O4/c1-14(2)9-10-23-16-12-15(22-19(24)18-6-5-11-26-18)7-8-17(16)27-13-21(3,4)20(23)25/h7-8,12,14,18H,5-6,9-11,13H2,1-4H3,(H,22,24). The number of carbonyl (C=O) groups excluding carboxylic acids is 2. The zero-order chi connectivity index (χ0) is 19.6. The summed E-state index contributed by atoms with van der Waals surface area (Å²) in [6, 6.07) is 5.48. The third-order valence-corrected chi connectivity index (χ3v) is 5.08. The molecule has 0 aliphatic carbocycles. The Kier molecular flexibility index (Phi) is 5.75. The number of carbonyl (C=O) groups is 2. The summed E-state index contributed by atoms with van der Waals surface area (Å²) in [5.41, 5.74) is 0.771. The van der Waals surface area contributed by atoms with Gasteiger partial charge < -0.3 is 19.7 Å². The van der Waals surface area contributed by atoms with Crippen LogP contribution in [0.25, 0.3) is 0 Å². The first kappa shape index (κ1) is 19.7. The highest BCUT2D eigenvalue weighted by Gasteiger charge is 2.37. The molecule has 27 heavy (non-hydrogen) atoms. The lowest BCUT2D eigenvalue weighted by atomic mass is 9.92. The fourth-order valence-electron chi connectivity index (χ4n) is 3.34. The Morgan fingerprint density at radius 2 is 2.15 bits per heavy atom. The van der Waals surface area contributed by atoms with Gasteiger partial charge in [0, 0.05) is 18.8 Å². The average molecular weight is 374 g/mol. The lowest BCUT2D eigenvalue weighted by molar-refractivity contribution is -0.127. The molecule has 1 fully saturated rings. The van der Waals surface area contributed by atoms with Gasteiger partial charge in [0.05, 0.1) is 11.1 Å². The molecule has 1 atom stereocenters. The molecule has 1 saturated heterocycles. The minimum absolute atomic E-state index is 0.0458. The van der Waals surface area contributed by atoms with Crippen LogP contribution in [0.4, 0.5) is 11.4 Å². The zero-order valence-corrected chi connectivity index (χ0v) is 16.7. The highest BCUT2D eigenvalue weighted by Crippen LogP contribution is 2.38. The van der Waals surface area contributed by atoms with Crippen LogP contribution in [0.2, 0.25) is 0 Å². The molecule has 0 spiro atoms. The van der Waals surface area contributed by atoms with E-state index in [9.17, 15) is 9.59 Å². The molecule has 0 saturated carbocycles. The predicted octanol–water partition coefficient (Wildman–Crippen LogP) is 3.60. The first-order valence-corrected chi connectivity index (χ1v) is 9.79. The molecule has 0 radical (unpaired) electrons. The molecule has 1 unspecified atom stereocenters. The molecule has 1 N–H and O–H groups in total. The highest BCUT2D eigenvalue weighted by atomic mass is 16.5. The molecule has 2 aliphatic heterocycles. The van der Waals surface area contributed by atoms with Crippen molar-refractivity contribution in [2.75, 3.05) is 30.0 Å². The molecular formula is C21H30N2O4. The van der Waals surface area contributed by atoms with Gasteiger partial charge in [-0.3, -0.25) is 9.59 Å². The van der Waals surface area contributed by atoms with Gasteiger partial charge in [-0.25, -0.2) is 0 Å². The van der Waals surface area contributed by atoms with Crippen LogP contribution in [-0.4, -0.2) is 37.7 Å². The van der Waals surface area contributed by atoms with Gasteiger partial charge in [-0.15, -0.1) is 0 Å². The van der Waals surface area contributed by atoms with Crippen molar-refractivity contribution in [1.82, 2.24) is 0 Å². The van der Waals surface area contributed by atoms with Crippen molar-refractivity contribution in [2.45, 2.75) is 53.1 Å². The summed E-state index contributed by atoms with van der Waals surface area (Å²) in [7, 11) is 0. The van der Waals surface area contributed by atoms with Gasteiger partial charge >= 0.3 is 0 Å². The van der Waals surface area contributed by atoms with Crippen molar-refractivity contribution >= 4 is 23.2 Å². The molecule has 2 heterocycles. The average Bonchev–Trinajstić information content (AvgIpc) is 3.12. The minimum atomic E-state index is -0.600. The second-order valence-corrected chi connectivity index (χ2v) is 8.49. The van der Waals surface area contributed by atoms with Crippen LogP contribution >= 0.6 is 0 Å². The van der Waals surface area contributed by atoms with E-state index in [1.54, 1.807) is 0 Å². The number of nitrogens with zero attached hydrogens (tertiary/aromatic N) is 1. The van der Waals surface area contributed by atoms with Crippen molar-refractivity contribution < 1.29 is 19.1 Å². The Morgan fingerprint density at radius 3 is 2.81 bits per heavy atom. The van der Waals surface area contributed by atoms with Crippen molar-refractivity contribution in [3.05, 3.63) is 18.2 Å². The molecule has 1 aromatic rings. The van der Waals surface area contributed by atoms with Gasteiger partial charge in [-0.2, -0.15) is 0 Å². The van der Waals surface area contributed by atoms with Gasteiger partial charge in [-0.05, 0) is 57.2 Å². The zero-order valence-electron chi connectivity index (χ0n) is 16.7. The van der Waals surface area contributed by atoms with E-state index in [2.05, 4.69) is 19.2 Å². The molecule has 6 nitrogen and oxygen atoms in total. The van der Waals surface area contributed by atoms with Crippen LogP contribution in [0.3, 0.4) is 0 Å². The van der Waals surface area contributed by atoms with Crippen molar-refractivity contribution in [1.29, 1.82) is 0 Å². The fourth-order valence-corrected chi connectivity index (χ4v) is 3.34. The summed E-state index contributed by atoms with van der Waals surface area (Å²) < 4.78 is 11.4. The second-order valence-electron chi connectivity index (χ2n) is 8.49. The summed E-state index contributed by atoms with van der Waals surface area (Å²) in [6.45, 7) is 9.68. The van der Waals surface area contributed by atoms with E-state index in [0.717, 1.165) is 24.9 Å². The number of hydrogen-bond donors (Lipinski definition) is 1. The summed E-state index contributed by atoms with van der Waals surface area (Å²) in [4.78, 5) is 27.3. The Balaban J connectivity index is 1.87. The largest absolute Gasteiger partial charge is 0.490 e. The molecule has 0 bridgehead atoms. The molecular weight excluding hydrogens is 344 g/mol. The Bertz CT molecular complexity index is 708. The predicted molar refractivity (Wildman–Crippen MR) is 105 cm³/mol. The van der Waals surface area contributed by atoms with Crippen LogP contribution in [0.5, 0.6) is 5.75 Å². The number of ether oxygens (including phenoxy) is 2. The van der Waals surface area contributed by atoms with Gasteiger partial charge in [0.25, 0.3) is 5.91 Å². The Hall–Kier alpha value is -2.08. The lowest BCUT2D eigenvalue weighted by Gasteiger charge is -2.28. The summed E-state index contributed by atoms with van der Waals surface area (Å²) in [5, 5.41) is 2.92. The quantitative estimate of drug-likeness (QED) is 0.855. The number of amides is 2. The van der Waals surface area contributed by atoms with Gasteiger partial charge in [0.15, 0.2) is 0 Å². The maximum Gasteiger partial charge on any atom is 0.253 e. The van der Waals surface area contributed by atoms with E-state index in [1.165, 1.54) is 0 Å². The van der Waals surface area contributed by atoms with E-state index in [-0.39, 0.29) is 11.8 Å². The van der Waals surface area contributed by atoms with E-state index in [4.69, 9.17) is 9.47 Å². The number of fused-ring (bicyclic) bond motifs is 1. The Labute approximate surface area is 161 Å². The first-order valence-electron chi connectivity index (χ1n) is 9.79. The van der Waals surface area contributed by atoms with Crippen LogP contribution in [-0.2, 0) is 14.3 Å². The van der Waals surface area contributed by atoms with Gasteiger partial charge in [0.2, 0.25) is 5.91 Å². The van der Waals surface area contributed by atoms with Gasteiger partial charge in [-0.1, -0.05) is 13.8 Å². The SMILES string of the molecule is CC(C)CCN1C(=O)C(C)(C)COc2ccc(NC(=O)C3CCCO3)cc21. The van der Waals surface area contributed by atoms with E-state index in [1.807, 2.05) is 36.9 Å². The van der Waals surface area contributed by atoms with Gasteiger partial charge in [0.1, 0.15) is 18.5 Å². The fraction of sp³-hybridized carbons (Fsp3) is 0.619. The molecule has 0 aromatic heterocycles.